The third kappa shape index (κ3) is 6.14. The maximum atomic E-state index is 12.3. The predicted molar refractivity (Wildman–Crippen MR) is 131 cm³/mol. The van der Waals surface area contributed by atoms with Crippen molar-refractivity contribution < 1.29 is 23.5 Å². The summed E-state index contributed by atoms with van der Waals surface area (Å²) in [6.45, 7) is 3.61. The van der Waals surface area contributed by atoms with Crippen LogP contribution in [0.3, 0.4) is 0 Å². The molecule has 0 saturated carbocycles. The highest BCUT2D eigenvalue weighted by Gasteiger charge is 2.13. The quantitative estimate of drug-likeness (QED) is 0.295. The van der Waals surface area contributed by atoms with Gasteiger partial charge in [-0.15, -0.1) is 0 Å². The molecular weight excluding hydrogens is 446 g/mol. The fourth-order valence-electron chi connectivity index (χ4n) is 3.62. The van der Waals surface area contributed by atoms with Crippen molar-refractivity contribution in [1.29, 1.82) is 0 Å². The molecule has 35 heavy (non-hydrogen) atoms. The van der Waals surface area contributed by atoms with Gasteiger partial charge in [0.2, 0.25) is 0 Å². The Hall–Kier alpha value is -4.39. The molecule has 0 fully saturated rings. The molecular formula is C28H25NO6. The molecule has 0 spiro atoms. The summed E-state index contributed by atoms with van der Waals surface area (Å²) in [5.74, 6) is -0.397. The molecule has 0 unspecified atom stereocenters. The molecule has 0 saturated heterocycles. The molecule has 7 heteroatoms. The van der Waals surface area contributed by atoms with E-state index < -0.39 is 11.6 Å². The van der Waals surface area contributed by atoms with Gasteiger partial charge in [-0.25, -0.2) is 9.59 Å². The van der Waals surface area contributed by atoms with Crippen LogP contribution in [0.25, 0.3) is 11.0 Å². The fraction of sp³-hybridized carbons (Fsp3) is 0.179. The Labute approximate surface area is 202 Å². The zero-order chi connectivity index (χ0) is 24.8. The van der Waals surface area contributed by atoms with Crippen LogP contribution in [0.1, 0.15) is 40.0 Å². The van der Waals surface area contributed by atoms with E-state index in [4.69, 9.17) is 13.9 Å². The smallest absolute Gasteiger partial charge is 0.338 e. The molecule has 0 aliphatic carbocycles. The van der Waals surface area contributed by atoms with Crippen molar-refractivity contribution in [2.24, 2.45) is 0 Å². The number of carbonyl (C=O) groups is 2. The molecule has 0 radical (unpaired) electrons. The fourth-order valence-corrected chi connectivity index (χ4v) is 3.62. The molecule has 1 aromatic heterocycles. The largest absolute Gasteiger partial charge is 0.489 e. The summed E-state index contributed by atoms with van der Waals surface area (Å²) < 4.78 is 16.2. The van der Waals surface area contributed by atoms with Crippen LogP contribution in [0, 0.1) is 6.92 Å². The number of benzene rings is 3. The minimum Gasteiger partial charge on any atom is -0.489 e. The van der Waals surface area contributed by atoms with Gasteiger partial charge in [0.15, 0.2) is 6.61 Å². The highest BCUT2D eigenvalue weighted by atomic mass is 16.5. The molecule has 3 aromatic carbocycles. The monoisotopic (exact) mass is 471 g/mol. The average Bonchev–Trinajstić information content (AvgIpc) is 2.86. The number of nitrogens with one attached hydrogen (secondary N) is 1. The van der Waals surface area contributed by atoms with Crippen LogP contribution in [0.5, 0.6) is 5.75 Å². The lowest BCUT2D eigenvalue weighted by molar-refractivity contribution is -0.124. The molecule has 0 aliphatic rings. The molecule has 7 nitrogen and oxygen atoms in total. The van der Waals surface area contributed by atoms with Gasteiger partial charge in [0.25, 0.3) is 5.91 Å². The number of carbonyl (C=O) groups excluding carboxylic acids is 2. The summed E-state index contributed by atoms with van der Waals surface area (Å²) in [7, 11) is 0. The lowest BCUT2D eigenvalue weighted by Crippen LogP contribution is -2.31. The van der Waals surface area contributed by atoms with Crippen molar-refractivity contribution in [2.45, 2.75) is 26.5 Å². The number of amides is 1. The highest BCUT2D eigenvalue weighted by Crippen LogP contribution is 2.23. The van der Waals surface area contributed by atoms with Gasteiger partial charge in [-0.2, -0.15) is 0 Å². The van der Waals surface area contributed by atoms with Crippen LogP contribution < -0.4 is 15.7 Å². The van der Waals surface area contributed by atoms with E-state index in [1.165, 1.54) is 6.07 Å². The molecule has 0 bridgehead atoms. The van der Waals surface area contributed by atoms with Crippen LogP contribution in [0.2, 0.25) is 0 Å². The van der Waals surface area contributed by atoms with Crippen LogP contribution in [0.15, 0.2) is 88.1 Å². The van der Waals surface area contributed by atoms with E-state index in [0.29, 0.717) is 16.9 Å². The van der Waals surface area contributed by atoms with Crippen molar-refractivity contribution in [1.82, 2.24) is 5.32 Å². The number of hydrogen-bond acceptors (Lipinski definition) is 6. The molecule has 0 aliphatic heterocycles. The first-order valence-corrected chi connectivity index (χ1v) is 11.2. The predicted octanol–water partition coefficient (Wildman–Crippen LogP) is 4.71. The topological polar surface area (TPSA) is 94.8 Å². The van der Waals surface area contributed by atoms with Gasteiger partial charge in [-0.3, -0.25) is 4.79 Å². The Morgan fingerprint density at radius 2 is 1.71 bits per heavy atom. The maximum absolute atomic E-state index is 12.3. The van der Waals surface area contributed by atoms with Gasteiger partial charge in [0, 0.05) is 17.5 Å². The van der Waals surface area contributed by atoms with E-state index in [-0.39, 0.29) is 25.2 Å². The van der Waals surface area contributed by atoms with E-state index in [0.717, 1.165) is 22.1 Å². The lowest BCUT2D eigenvalue weighted by atomic mass is 10.1. The van der Waals surface area contributed by atoms with Crippen LogP contribution in [0.4, 0.5) is 0 Å². The standard InChI is InChI=1S/C28H25NO6/c1-18-14-27(31)35-25-15-23(12-13-24(18)25)33-16-20-8-10-22(11-9-20)28(32)34-17-26(30)29-19(2)21-6-4-3-5-7-21/h3-15,19H,16-17H2,1-2H3,(H,29,30)/t19-/m0/s1. The second kappa shape index (κ2) is 10.7. The molecule has 4 rings (SSSR count). The van der Waals surface area contributed by atoms with Crippen molar-refractivity contribution in [3.8, 4) is 5.75 Å². The summed E-state index contributed by atoms with van der Waals surface area (Å²) in [4.78, 5) is 36.0. The molecule has 1 atom stereocenters. The molecule has 1 N–H and O–H groups in total. The maximum Gasteiger partial charge on any atom is 0.338 e. The Morgan fingerprint density at radius 1 is 0.971 bits per heavy atom. The van der Waals surface area contributed by atoms with E-state index in [1.54, 1.807) is 30.3 Å². The number of fused-ring (bicyclic) bond motifs is 1. The summed E-state index contributed by atoms with van der Waals surface area (Å²) in [6, 6.07) is 22.9. The first kappa shape index (κ1) is 23.8. The van der Waals surface area contributed by atoms with Crippen molar-refractivity contribution in [2.75, 3.05) is 6.61 Å². The third-order valence-corrected chi connectivity index (χ3v) is 5.53. The van der Waals surface area contributed by atoms with Crippen molar-refractivity contribution in [3.05, 3.63) is 112 Å². The van der Waals surface area contributed by atoms with Crippen LogP contribution in [-0.2, 0) is 16.1 Å². The molecule has 178 valence electrons. The first-order valence-electron chi connectivity index (χ1n) is 11.2. The van der Waals surface area contributed by atoms with Crippen molar-refractivity contribution >= 4 is 22.8 Å². The minimum absolute atomic E-state index is 0.190. The number of esters is 1. The minimum atomic E-state index is -0.583. The second-order valence-corrected chi connectivity index (χ2v) is 8.17. The second-order valence-electron chi connectivity index (χ2n) is 8.17. The summed E-state index contributed by atoms with van der Waals surface area (Å²) in [6.07, 6.45) is 0. The van der Waals surface area contributed by atoms with Gasteiger partial charge in [-0.05, 0) is 54.8 Å². The highest BCUT2D eigenvalue weighted by molar-refractivity contribution is 5.91. The first-order chi connectivity index (χ1) is 16.9. The van der Waals surface area contributed by atoms with Crippen LogP contribution in [-0.4, -0.2) is 18.5 Å². The Bertz CT molecular complexity index is 1390. The van der Waals surface area contributed by atoms with Gasteiger partial charge in [-0.1, -0.05) is 42.5 Å². The Balaban J connectivity index is 1.28. The van der Waals surface area contributed by atoms with E-state index in [9.17, 15) is 14.4 Å². The number of rotatable bonds is 8. The van der Waals surface area contributed by atoms with E-state index >= 15 is 0 Å². The molecule has 1 heterocycles. The van der Waals surface area contributed by atoms with E-state index in [2.05, 4.69) is 5.32 Å². The summed E-state index contributed by atoms with van der Waals surface area (Å²) in [5.41, 5.74) is 3.04. The average molecular weight is 472 g/mol. The van der Waals surface area contributed by atoms with E-state index in [1.807, 2.05) is 56.3 Å². The van der Waals surface area contributed by atoms with Gasteiger partial charge < -0.3 is 19.2 Å². The zero-order valence-electron chi connectivity index (χ0n) is 19.4. The number of aryl methyl sites for hydroxylation is 1. The summed E-state index contributed by atoms with van der Waals surface area (Å²) in [5, 5.41) is 3.65. The molecule has 4 aromatic rings. The van der Waals surface area contributed by atoms with Gasteiger partial charge in [0.05, 0.1) is 11.6 Å². The van der Waals surface area contributed by atoms with Gasteiger partial charge >= 0.3 is 11.6 Å². The normalized spacial score (nSPS) is 11.6. The van der Waals surface area contributed by atoms with Crippen molar-refractivity contribution in [3.63, 3.8) is 0 Å². The lowest BCUT2D eigenvalue weighted by Gasteiger charge is -2.14. The third-order valence-electron chi connectivity index (χ3n) is 5.53. The molecule has 1 amide bonds. The van der Waals surface area contributed by atoms with Crippen LogP contribution >= 0.6 is 0 Å². The Morgan fingerprint density at radius 3 is 2.46 bits per heavy atom. The van der Waals surface area contributed by atoms with Gasteiger partial charge in [0.1, 0.15) is 17.9 Å². The zero-order valence-corrected chi connectivity index (χ0v) is 19.4. The number of hydrogen-bond donors (Lipinski definition) is 1. The number of ether oxygens (including phenoxy) is 2. The Kier molecular flexibility index (Phi) is 7.26. The SMILES string of the molecule is Cc1cc(=O)oc2cc(OCc3ccc(C(=O)OCC(=O)N[C@@H](C)c4ccccc4)cc3)ccc12. The summed E-state index contributed by atoms with van der Waals surface area (Å²) >= 11 is 0.